The zero-order valence-corrected chi connectivity index (χ0v) is 11.7. The van der Waals surface area contributed by atoms with Gasteiger partial charge in [-0.05, 0) is 23.6 Å². The number of hydrogen-bond acceptors (Lipinski definition) is 4. The molecule has 2 aromatic rings. The van der Waals surface area contributed by atoms with Crippen LogP contribution in [0.1, 0.15) is 10.6 Å². The molecule has 20 heavy (non-hydrogen) atoms. The SMILES string of the molecule is O=C(NCCc1ccccn1)C(=O)NCc1cccs1. The largest absolute Gasteiger partial charge is 0.347 e. The highest BCUT2D eigenvalue weighted by Crippen LogP contribution is 2.07. The molecule has 0 aliphatic rings. The van der Waals surface area contributed by atoms with E-state index in [1.54, 1.807) is 6.20 Å². The Balaban J connectivity index is 1.67. The third kappa shape index (κ3) is 4.47. The van der Waals surface area contributed by atoms with E-state index in [-0.39, 0.29) is 0 Å². The minimum absolute atomic E-state index is 0.379. The van der Waals surface area contributed by atoms with Gasteiger partial charge in [-0.2, -0.15) is 0 Å². The molecule has 0 fully saturated rings. The molecule has 0 aliphatic carbocycles. The lowest BCUT2D eigenvalue weighted by molar-refractivity contribution is -0.139. The van der Waals surface area contributed by atoms with Gasteiger partial charge < -0.3 is 10.6 Å². The summed E-state index contributed by atoms with van der Waals surface area (Å²) in [4.78, 5) is 28.3. The van der Waals surface area contributed by atoms with Crippen LogP contribution >= 0.6 is 11.3 Å². The lowest BCUT2D eigenvalue weighted by Crippen LogP contribution is -2.40. The number of aromatic nitrogens is 1. The molecular weight excluding hydrogens is 274 g/mol. The minimum Gasteiger partial charge on any atom is -0.347 e. The van der Waals surface area contributed by atoms with Gasteiger partial charge in [-0.3, -0.25) is 14.6 Å². The van der Waals surface area contributed by atoms with Crippen molar-refractivity contribution in [2.75, 3.05) is 6.54 Å². The van der Waals surface area contributed by atoms with Crippen LogP contribution in [0.3, 0.4) is 0 Å². The molecular formula is C14H15N3O2S. The van der Waals surface area contributed by atoms with E-state index in [2.05, 4.69) is 15.6 Å². The first kappa shape index (κ1) is 14.2. The molecule has 2 amide bonds. The topological polar surface area (TPSA) is 71.1 Å². The zero-order chi connectivity index (χ0) is 14.2. The summed E-state index contributed by atoms with van der Waals surface area (Å²) in [6.45, 7) is 0.770. The van der Waals surface area contributed by atoms with Gasteiger partial charge >= 0.3 is 11.8 Å². The summed E-state index contributed by atoms with van der Waals surface area (Å²) in [5.41, 5.74) is 0.881. The third-order valence-electron chi connectivity index (χ3n) is 2.60. The van der Waals surface area contributed by atoms with Crippen LogP contribution in [0.2, 0.25) is 0 Å². The number of nitrogens with zero attached hydrogens (tertiary/aromatic N) is 1. The van der Waals surface area contributed by atoms with E-state index in [1.165, 1.54) is 11.3 Å². The molecule has 5 nitrogen and oxygen atoms in total. The quantitative estimate of drug-likeness (QED) is 0.810. The van der Waals surface area contributed by atoms with Gasteiger partial charge in [0.25, 0.3) is 0 Å². The van der Waals surface area contributed by atoms with Crippen LogP contribution in [0.4, 0.5) is 0 Å². The van der Waals surface area contributed by atoms with Gasteiger partial charge in [-0.25, -0.2) is 0 Å². The monoisotopic (exact) mass is 289 g/mol. The number of rotatable bonds is 5. The van der Waals surface area contributed by atoms with Gasteiger partial charge in [0.1, 0.15) is 0 Å². The molecule has 0 atom stereocenters. The molecule has 0 aromatic carbocycles. The van der Waals surface area contributed by atoms with Crippen LogP contribution in [0.5, 0.6) is 0 Å². The average molecular weight is 289 g/mol. The molecule has 6 heteroatoms. The molecule has 104 valence electrons. The summed E-state index contributed by atoms with van der Waals surface area (Å²) in [6, 6.07) is 9.41. The molecule has 0 bridgehead atoms. The summed E-state index contributed by atoms with van der Waals surface area (Å²) >= 11 is 1.54. The number of carbonyl (C=O) groups is 2. The summed E-state index contributed by atoms with van der Waals surface area (Å²) < 4.78 is 0. The van der Waals surface area contributed by atoms with Gasteiger partial charge in [0.05, 0.1) is 6.54 Å². The van der Waals surface area contributed by atoms with Crippen molar-refractivity contribution in [3.05, 3.63) is 52.5 Å². The molecule has 0 unspecified atom stereocenters. The Morgan fingerprint density at radius 3 is 2.65 bits per heavy atom. The average Bonchev–Trinajstić information content (AvgIpc) is 2.99. The van der Waals surface area contributed by atoms with E-state index in [4.69, 9.17) is 0 Å². The minimum atomic E-state index is -0.613. The van der Waals surface area contributed by atoms with E-state index >= 15 is 0 Å². The molecule has 0 radical (unpaired) electrons. The van der Waals surface area contributed by atoms with Crippen molar-refractivity contribution in [1.82, 2.24) is 15.6 Å². The number of hydrogen-bond donors (Lipinski definition) is 2. The predicted molar refractivity (Wildman–Crippen MR) is 77.1 cm³/mol. The van der Waals surface area contributed by atoms with Crippen molar-refractivity contribution in [3.8, 4) is 0 Å². The van der Waals surface area contributed by atoms with Crippen molar-refractivity contribution >= 4 is 23.2 Å². The van der Waals surface area contributed by atoms with E-state index < -0.39 is 11.8 Å². The summed E-state index contributed by atoms with van der Waals surface area (Å²) in [7, 11) is 0. The van der Waals surface area contributed by atoms with Crippen molar-refractivity contribution < 1.29 is 9.59 Å². The number of nitrogens with one attached hydrogen (secondary N) is 2. The van der Waals surface area contributed by atoms with E-state index in [1.807, 2.05) is 35.7 Å². The second-order valence-corrected chi connectivity index (χ2v) is 5.12. The normalized spacial score (nSPS) is 10.0. The van der Waals surface area contributed by atoms with Gasteiger partial charge in [0.2, 0.25) is 0 Å². The maximum atomic E-state index is 11.6. The summed E-state index contributed by atoms with van der Waals surface area (Å²) in [6.07, 6.45) is 2.30. The van der Waals surface area contributed by atoms with Crippen molar-refractivity contribution in [2.24, 2.45) is 0 Å². The summed E-state index contributed by atoms with van der Waals surface area (Å²) in [5.74, 6) is -1.23. The maximum Gasteiger partial charge on any atom is 0.309 e. The van der Waals surface area contributed by atoms with Crippen LogP contribution < -0.4 is 10.6 Å². The van der Waals surface area contributed by atoms with Crippen LogP contribution in [0.15, 0.2) is 41.9 Å². The number of amides is 2. The highest BCUT2D eigenvalue weighted by molar-refractivity contribution is 7.09. The predicted octanol–water partition coefficient (Wildman–Crippen LogP) is 1.12. The van der Waals surface area contributed by atoms with Gasteiger partial charge in [-0.15, -0.1) is 11.3 Å². The van der Waals surface area contributed by atoms with Gasteiger partial charge in [-0.1, -0.05) is 12.1 Å². The number of pyridine rings is 1. The Hall–Kier alpha value is -2.21. The molecule has 2 aromatic heterocycles. The zero-order valence-electron chi connectivity index (χ0n) is 10.8. The fourth-order valence-corrected chi connectivity index (χ4v) is 2.24. The fraction of sp³-hybridized carbons (Fsp3) is 0.214. The second kappa shape index (κ2) is 7.40. The van der Waals surface area contributed by atoms with E-state index in [0.29, 0.717) is 19.5 Å². The lowest BCUT2D eigenvalue weighted by Gasteiger charge is -2.05. The van der Waals surface area contributed by atoms with Crippen LogP contribution in [-0.2, 0) is 22.6 Å². The first-order chi connectivity index (χ1) is 9.75. The van der Waals surface area contributed by atoms with Crippen LogP contribution in [-0.4, -0.2) is 23.3 Å². The standard InChI is InChI=1S/C14H15N3O2S/c18-13(14(19)17-10-12-5-3-9-20-12)16-8-6-11-4-1-2-7-15-11/h1-5,7,9H,6,8,10H2,(H,16,18)(H,17,19). The molecule has 0 saturated carbocycles. The van der Waals surface area contributed by atoms with Crippen LogP contribution in [0.25, 0.3) is 0 Å². The van der Waals surface area contributed by atoms with Crippen LogP contribution in [0, 0.1) is 0 Å². The molecule has 2 heterocycles. The molecule has 0 aliphatic heterocycles. The molecule has 0 saturated heterocycles. The van der Waals surface area contributed by atoms with Crippen molar-refractivity contribution in [3.63, 3.8) is 0 Å². The van der Waals surface area contributed by atoms with Gasteiger partial charge in [0.15, 0.2) is 0 Å². The molecule has 2 N–H and O–H groups in total. The smallest absolute Gasteiger partial charge is 0.309 e. The Labute approximate surface area is 121 Å². The molecule has 2 rings (SSSR count). The third-order valence-corrected chi connectivity index (χ3v) is 3.48. The lowest BCUT2D eigenvalue weighted by atomic mass is 10.3. The first-order valence-electron chi connectivity index (χ1n) is 6.24. The first-order valence-corrected chi connectivity index (χ1v) is 7.12. The van der Waals surface area contributed by atoms with Crippen molar-refractivity contribution in [1.29, 1.82) is 0 Å². The van der Waals surface area contributed by atoms with E-state index in [0.717, 1.165) is 10.6 Å². The Morgan fingerprint density at radius 1 is 1.10 bits per heavy atom. The second-order valence-electron chi connectivity index (χ2n) is 4.09. The Morgan fingerprint density at radius 2 is 1.95 bits per heavy atom. The highest BCUT2D eigenvalue weighted by atomic mass is 32.1. The highest BCUT2D eigenvalue weighted by Gasteiger charge is 2.12. The number of carbonyl (C=O) groups excluding carboxylic acids is 2. The summed E-state index contributed by atoms with van der Waals surface area (Å²) in [5, 5.41) is 7.08. The van der Waals surface area contributed by atoms with Crippen molar-refractivity contribution in [2.45, 2.75) is 13.0 Å². The molecule has 0 spiro atoms. The number of thiophene rings is 1. The maximum absolute atomic E-state index is 11.6. The van der Waals surface area contributed by atoms with E-state index in [9.17, 15) is 9.59 Å². The fourth-order valence-electron chi connectivity index (χ4n) is 1.59. The Bertz CT molecular complexity index is 555. The Kier molecular flexibility index (Phi) is 5.25. The van der Waals surface area contributed by atoms with Gasteiger partial charge in [0, 0.05) is 29.7 Å².